The minimum Gasteiger partial charge on any atom is -0.259 e. The molecular weight excluding hydrogens is 396 g/mol. The van der Waals surface area contributed by atoms with Crippen molar-refractivity contribution in [2.45, 2.75) is 0 Å². The highest BCUT2D eigenvalue weighted by Gasteiger charge is 2.07. The number of aromatic nitrogens is 2. The Hall–Kier alpha value is -4.58. The molecule has 6 heteroatoms. The third kappa shape index (κ3) is 5.73. The Morgan fingerprint density at radius 3 is 1.38 bits per heavy atom. The standard InChI is InChI=1S/C26H22N6/c1-3-11-21(12-4-1)15-9-19-27-29-25-23-17-7-8-18-24(23)26(32-31-25)30-28-20-10-16-22-13-5-2-6-14-22/h1-20H,(H,29,31)(H,30,32)/b15-9?,16-10?,27-19+,28-20+. The van der Waals surface area contributed by atoms with Gasteiger partial charge in [-0.2, -0.15) is 10.2 Å². The van der Waals surface area contributed by atoms with E-state index in [0.29, 0.717) is 11.6 Å². The third-order valence-electron chi connectivity index (χ3n) is 4.53. The molecule has 6 nitrogen and oxygen atoms in total. The Bertz CT molecular complexity index is 1160. The van der Waals surface area contributed by atoms with E-state index in [4.69, 9.17) is 0 Å². The number of allylic oxidation sites excluding steroid dienone is 2. The largest absolute Gasteiger partial charge is 0.259 e. The highest BCUT2D eigenvalue weighted by atomic mass is 15.4. The topological polar surface area (TPSA) is 74.6 Å². The fraction of sp³-hybridized carbons (Fsp3) is 0. The van der Waals surface area contributed by atoms with E-state index in [1.807, 2.05) is 109 Å². The van der Waals surface area contributed by atoms with Crippen LogP contribution in [0, 0.1) is 0 Å². The highest BCUT2D eigenvalue weighted by Crippen LogP contribution is 2.25. The van der Waals surface area contributed by atoms with Gasteiger partial charge in [0.1, 0.15) is 0 Å². The molecule has 0 aliphatic heterocycles. The molecule has 3 aromatic carbocycles. The molecule has 32 heavy (non-hydrogen) atoms. The second-order valence-electron chi connectivity index (χ2n) is 6.76. The van der Waals surface area contributed by atoms with E-state index >= 15 is 0 Å². The molecule has 4 rings (SSSR count). The molecule has 0 unspecified atom stereocenters. The summed E-state index contributed by atoms with van der Waals surface area (Å²) < 4.78 is 0. The molecule has 0 aliphatic rings. The maximum absolute atomic E-state index is 4.26. The van der Waals surface area contributed by atoms with Gasteiger partial charge >= 0.3 is 0 Å². The second-order valence-corrected chi connectivity index (χ2v) is 6.76. The number of nitrogens with zero attached hydrogens (tertiary/aromatic N) is 4. The summed E-state index contributed by atoms with van der Waals surface area (Å²) in [5.74, 6) is 1.15. The first kappa shape index (κ1) is 20.7. The van der Waals surface area contributed by atoms with Crippen molar-refractivity contribution in [3.63, 3.8) is 0 Å². The molecule has 0 amide bonds. The molecule has 1 aromatic heterocycles. The van der Waals surface area contributed by atoms with Gasteiger partial charge in [-0.25, -0.2) is 0 Å². The monoisotopic (exact) mass is 418 g/mol. The lowest BCUT2D eigenvalue weighted by atomic mass is 10.2. The lowest BCUT2D eigenvalue weighted by Gasteiger charge is -2.07. The van der Waals surface area contributed by atoms with Crippen molar-refractivity contribution in [3.05, 3.63) is 108 Å². The van der Waals surface area contributed by atoms with Gasteiger partial charge in [-0.3, -0.25) is 10.9 Å². The van der Waals surface area contributed by atoms with Gasteiger partial charge in [0.15, 0.2) is 11.6 Å². The van der Waals surface area contributed by atoms with Crippen molar-refractivity contribution in [2.75, 3.05) is 10.9 Å². The average Bonchev–Trinajstić information content (AvgIpc) is 2.86. The van der Waals surface area contributed by atoms with Gasteiger partial charge in [0, 0.05) is 23.2 Å². The second kappa shape index (κ2) is 11.0. The van der Waals surface area contributed by atoms with Gasteiger partial charge in [-0.1, -0.05) is 97.1 Å². The molecule has 0 spiro atoms. The Morgan fingerprint density at radius 1 is 0.531 bits per heavy atom. The molecule has 1 heterocycles. The van der Waals surface area contributed by atoms with Crippen molar-refractivity contribution in [2.24, 2.45) is 10.2 Å². The number of benzene rings is 3. The zero-order valence-electron chi connectivity index (χ0n) is 17.3. The molecule has 2 N–H and O–H groups in total. The number of hydrazone groups is 2. The quantitative estimate of drug-likeness (QED) is 0.278. The predicted octanol–water partition coefficient (Wildman–Crippen LogP) is 5.85. The normalized spacial score (nSPS) is 11.9. The fourth-order valence-corrected chi connectivity index (χ4v) is 2.99. The van der Waals surface area contributed by atoms with Crippen molar-refractivity contribution in [3.8, 4) is 0 Å². The first-order valence-corrected chi connectivity index (χ1v) is 10.2. The summed E-state index contributed by atoms with van der Waals surface area (Å²) in [6.45, 7) is 0. The Balaban J connectivity index is 1.42. The number of hydrogen-bond acceptors (Lipinski definition) is 6. The molecule has 4 aromatic rings. The summed E-state index contributed by atoms with van der Waals surface area (Å²) in [6, 6.07) is 27.9. The van der Waals surface area contributed by atoms with Gasteiger partial charge in [-0.05, 0) is 23.3 Å². The van der Waals surface area contributed by atoms with E-state index in [9.17, 15) is 0 Å². The minimum atomic E-state index is 0.573. The maximum atomic E-state index is 4.26. The molecule has 0 bridgehead atoms. The first-order chi connectivity index (χ1) is 15.9. The van der Waals surface area contributed by atoms with E-state index < -0.39 is 0 Å². The SMILES string of the molecule is C(=Cc1ccccc1)/C=N/Nc1nnc(N/N=C/C=Cc2ccccc2)c2ccccc12. The number of fused-ring (bicyclic) bond motifs is 1. The molecule has 0 saturated heterocycles. The highest BCUT2D eigenvalue weighted by molar-refractivity contribution is 5.98. The van der Waals surface area contributed by atoms with E-state index in [2.05, 4.69) is 31.3 Å². The van der Waals surface area contributed by atoms with Crippen LogP contribution in [-0.2, 0) is 0 Å². The summed E-state index contributed by atoms with van der Waals surface area (Å²) >= 11 is 0. The van der Waals surface area contributed by atoms with Gasteiger partial charge in [0.05, 0.1) is 0 Å². The minimum absolute atomic E-state index is 0.573. The van der Waals surface area contributed by atoms with Crippen molar-refractivity contribution >= 4 is 47.0 Å². The maximum Gasteiger partial charge on any atom is 0.176 e. The lowest BCUT2D eigenvalue weighted by Crippen LogP contribution is -2.01. The van der Waals surface area contributed by atoms with Gasteiger partial charge in [-0.15, -0.1) is 10.2 Å². The smallest absolute Gasteiger partial charge is 0.176 e. The summed E-state index contributed by atoms with van der Waals surface area (Å²) in [4.78, 5) is 0. The van der Waals surface area contributed by atoms with Crippen LogP contribution in [0.25, 0.3) is 22.9 Å². The van der Waals surface area contributed by atoms with Crippen LogP contribution < -0.4 is 10.9 Å². The predicted molar refractivity (Wildman–Crippen MR) is 135 cm³/mol. The van der Waals surface area contributed by atoms with E-state index in [0.717, 1.165) is 21.9 Å². The van der Waals surface area contributed by atoms with Gasteiger partial charge in [0.2, 0.25) is 0 Å². The zero-order valence-corrected chi connectivity index (χ0v) is 17.3. The van der Waals surface area contributed by atoms with Crippen LogP contribution in [0.3, 0.4) is 0 Å². The van der Waals surface area contributed by atoms with Crippen molar-refractivity contribution < 1.29 is 0 Å². The summed E-state index contributed by atoms with van der Waals surface area (Å²) in [6.07, 6.45) is 11.0. The Labute approximate surface area is 186 Å². The van der Waals surface area contributed by atoms with Crippen LogP contribution in [0.5, 0.6) is 0 Å². The Morgan fingerprint density at radius 2 is 0.938 bits per heavy atom. The molecule has 0 atom stereocenters. The van der Waals surface area contributed by atoms with Crippen LogP contribution in [0.15, 0.2) is 107 Å². The van der Waals surface area contributed by atoms with Gasteiger partial charge in [0.25, 0.3) is 0 Å². The molecule has 0 fully saturated rings. The van der Waals surface area contributed by atoms with Crippen LogP contribution in [0.4, 0.5) is 11.6 Å². The molecule has 0 aliphatic carbocycles. The van der Waals surface area contributed by atoms with E-state index in [-0.39, 0.29) is 0 Å². The van der Waals surface area contributed by atoms with E-state index in [1.54, 1.807) is 12.4 Å². The number of hydrogen-bond donors (Lipinski definition) is 2. The first-order valence-electron chi connectivity index (χ1n) is 10.2. The number of nitrogens with one attached hydrogen (secondary N) is 2. The van der Waals surface area contributed by atoms with Gasteiger partial charge < -0.3 is 0 Å². The van der Waals surface area contributed by atoms with Crippen LogP contribution >= 0.6 is 0 Å². The summed E-state index contributed by atoms with van der Waals surface area (Å²) in [5.41, 5.74) is 8.15. The third-order valence-corrected chi connectivity index (χ3v) is 4.53. The zero-order chi connectivity index (χ0) is 21.8. The van der Waals surface area contributed by atoms with Crippen LogP contribution in [0.2, 0.25) is 0 Å². The van der Waals surface area contributed by atoms with Crippen LogP contribution in [-0.4, -0.2) is 22.6 Å². The molecule has 156 valence electrons. The number of rotatable bonds is 8. The molecule has 0 saturated carbocycles. The molecular formula is C26H22N6. The van der Waals surface area contributed by atoms with Crippen molar-refractivity contribution in [1.29, 1.82) is 0 Å². The summed E-state index contributed by atoms with van der Waals surface area (Å²) in [7, 11) is 0. The van der Waals surface area contributed by atoms with E-state index in [1.165, 1.54) is 0 Å². The fourth-order valence-electron chi connectivity index (χ4n) is 2.99. The average molecular weight is 419 g/mol. The Kier molecular flexibility index (Phi) is 7.10. The summed E-state index contributed by atoms with van der Waals surface area (Å²) in [5, 5.41) is 18.8. The van der Waals surface area contributed by atoms with Crippen molar-refractivity contribution in [1.82, 2.24) is 10.2 Å². The number of anilines is 2. The molecule has 0 radical (unpaired) electrons. The lowest BCUT2D eigenvalue weighted by molar-refractivity contribution is 1.03. The van der Waals surface area contributed by atoms with Crippen LogP contribution in [0.1, 0.15) is 11.1 Å².